The lowest BCUT2D eigenvalue weighted by Crippen LogP contribution is -2.27. The van der Waals surface area contributed by atoms with Gasteiger partial charge in [0.05, 0.1) is 11.8 Å². The van der Waals surface area contributed by atoms with E-state index in [0.717, 1.165) is 5.69 Å². The van der Waals surface area contributed by atoms with Crippen LogP contribution in [0.15, 0.2) is 36.9 Å². The number of primary amides is 1. The van der Waals surface area contributed by atoms with Crippen LogP contribution in [0.4, 0.5) is 0 Å². The zero-order valence-corrected chi connectivity index (χ0v) is 14.3. The Morgan fingerprint density at radius 1 is 1.28 bits per heavy atom. The average Bonchev–Trinajstić information content (AvgIpc) is 3.13. The van der Waals surface area contributed by atoms with Crippen LogP contribution in [0.1, 0.15) is 31.3 Å². The maximum atomic E-state index is 12.1. The van der Waals surface area contributed by atoms with E-state index in [1.807, 2.05) is 6.07 Å². The van der Waals surface area contributed by atoms with Gasteiger partial charge in [-0.3, -0.25) is 14.3 Å². The Labute approximate surface area is 144 Å². The van der Waals surface area contributed by atoms with Crippen LogP contribution in [0.5, 0.6) is 0 Å². The number of nitrogens with zero attached hydrogens (tertiary/aromatic N) is 4. The van der Waals surface area contributed by atoms with Gasteiger partial charge >= 0.3 is 5.97 Å². The van der Waals surface area contributed by atoms with Crippen molar-refractivity contribution in [3.05, 3.63) is 42.6 Å². The van der Waals surface area contributed by atoms with Crippen molar-refractivity contribution >= 4 is 22.8 Å². The molecule has 1 amide bonds. The van der Waals surface area contributed by atoms with Gasteiger partial charge in [0.2, 0.25) is 0 Å². The number of amides is 1. The van der Waals surface area contributed by atoms with Crippen molar-refractivity contribution in [2.75, 3.05) is 0 Å². The second kappa shape index (κ2) is 6.04. The minimum Gasteiger partial charge on any atom is -0.459 e. The zero-order chi connectivity index (χ0) is 18.2. The minimum atomic E-state index is -0.657. The second-order valence-corrected chi connectivity index (χ2v) is 6.63. The van der Waals surface area contributed by atoms with Crippen LogP contribution in [0, 0.1) is 0 Å². The third kappa shape index (κ3) is 3.52. The summed E-state index contributed by atoms with van der Waals surface area (Å²) < 4.78 is 8.55. The molecule has 25 heavy (non-hydrogen) atoms. The molecule has 2 heterocycles. The quantitative estimate of drug-likeness (QED) is 0.727. The Bertz CT molecular complexity index is 935. The Morgan fingerprint density at radius 3 is 2.64 bits per heavy atom. The molecule has 0 saturated heterocycles. The standard InChI is InChI=1S/C17H19N5O3/c1-17(2,3)25-14(23)9-22-13-5-4-11(21-7-6-19-10-21)8-12(13)15(20-22)16(18)24/h4-8,10H,9H2,1-3H3,(H2,18,24). The summed E-state index contributed by atoms with van der Waals surface area (Å²) in [6.45, 7) is 5.26. The Balaban J connectivity index is 2.03. The first-order valence-corrected chi connectivity index (χ1v) is 7.75. The summed E-state index contributed by atoms with van der Waals surface area (Å²) in [5.41, 5.74) is 6.40. The van der Waals surface area contributed by atoms with E-state index in [9.17, 15) is 9.59 Å². The van der Waals surface area contributed by atoms with Gasteiger partial charge in [0.15, 0.2) is 5.69 Å². The number of esters is 1. The summed E-state index contributed by atoms with van der Waals surface area (Å²) in [5.74, 6) is -1.10. The first kappa shape index (κ1) is 16.7. The van der Waals surface area contributed by atoms with Crippen molar-refractivity contribution in [1.29, 1.82) is 0 Å². The van der Waals surface area contributed by atoms with Crippen molar-refractivity contribution in [2.24, 2.45) is 5.73 Å². The molecular formula is C17H19N5O3. The van der Waals surface area contributed by atoms with Gasteiger partial charge in [0.25, 0.3) is 5.91 Å². The third-order valence-electron chi connectivity index (χ3n) is 3.47. The van der Waals surface area contributed by atoms with E-state index < -0.39 is 17.5 Å². The lowest BCUT2D eigenvalue weighted by Gasteiger charge is -2.19. The van der Waals surface area contributed by atoms with Crippen LogP contribution in [0.3, 0.4) is 0 Å². The fourth-order valence-electron chi connectivity index (χ4n) is 2.54. The lowest BCUT2D eigenvalue weighted by atomic mass is 10.2. The normalized spacial score (nSPS) is 11.6. The molecule has 0 bridgehead atoms. The molecule has 0 unspecified atom stereocenters. The predicted molar refractivity (Wildman–Crippen MR) is 91.2 cm³/mol. The highest BCUT2D eigenvalue weighted by Crippen LogP contribution is 2.22. The molecule has 0 aliphatic carbocycles. The smallest absolute Gasteiger partial charge is 0.328 e. The Hall–Kier alpha value is -3.16. The molecule has 2 aromatic heterocycles. The topological polar surface area (TPSA) is 105 Å². The molecule has 3 rings (SSSR count). The summed E-state index contributed by atoms with van der Waals surface area (Å²) in [5, 5.41) is 4.77. The number of aromatic nitrogens is 4. The van der Waals surface area contributed by atoms with Crippen molar-refractivity contribution in [2.45, 2.75) is 32.9 Å². The maximum Gasteiger partial charge on any atom is 0.328 e. The van der Waals surface area contributed by atoms with Crippen molar-refractivity contribution in [3.63, 3.8) is 0 Å². The van der Waals surface area contributed by atoms with Crippen LogP contribution >= 0.6 is 0 Å². The predicted octanol–water partition coefficient (Wildman–Crippen LogP) is 1.66. The largest absolute Gasteiger partial charge is 0.459 e. The number of hydrogen-bond donors (Lipinski definition) is 1. The van der Waals surface area contributed by atoms with Crippen LogP contribution in [0.2, 0.25) is 0 Å². The second-order valence-electron chi connectivity index (χ2n) is 6.63. The fraction of sp³-hybridized carbons (Fsp3) is 0.294. The molecule has 2 N–H and O–H groups in total. The molecule has 0 atom stereocenters. The number of rotatable bonds is 4. The van der Waals surface area contributed by atoms with E-state index in [-0.39, 0.29) is 12.2 Å². The van der Waals surface area contributed by atoms with E-state index in [0.29, 0.717) is 10.9 Å². The maximum absolute atomic E-state index is 12.1. The van der Waals surface area contributed by atoms with Crippen molar-refractivity contribution in [3.8, 4) is 5.69 Å². The van der Waals surface area contributed by atoms with E-state index in [2.05, 4.69) is 10.1 Å². The summed E-state index contributed by atoms with van der Waals surface area (Å²) in [7, 11) is 0. The first-order valence-electron chi connectivity index (χ1n) is 7.75. The van der Waals surface area contributed by atoms with E-state index in [1.54, 1.807) is 56.2 Å². The summed E-state index contributed by atoms with van der Waals surface area (Å²) in [4.78, 5) is 27.8. The molecule has 0 spiro atoms. The van der Waals surface area contributed by atoms with Crippen LogP contribution in [-0.2, 0) is 16.1 Å². The molecule has 0 aliphatic heterocycles. The number of hydrogen-bond acceptors (Lipinski definition) is 5. The minimum absolute atomic E-state index is 0.106. The van der Waals surface area contributed by atoms with Gasteiger partial charge < -0.3 is 15.0 Å². The van der Waals surface area contributed by atoms with Crippen LogP contribution < -0.4 is 5.73 Å². The van der Waals surface area contributed by atoms with Gasteiger partial charge in [0, 0.05) is 23.5 Å². The SMILES string of the molecule is CC(C)(C)OC(=O)Cn1nc(C(N)=O)c2cc(-n3ccnc3)ccc21. The van der Waals surface area contributed by atoms with Crippen molar-refractivity contribution in [1.82, 2.24) is 19.3 Å². The summed E-state index contributed by atoms with van der Waals surface area (Å²) in [6.07, 6.45) is 5.09. The Kier molecular flexibility index (Phi) is 4.03. The molecule has 0 aliphatic rings. The number of imidazole rings is 1. The highest BCUT2D eigenvalue weighted by atomic mass is 16.6. The molecule has 0 fully saturated rings. The van der Waals surface area contributed by atoms with Gasteiger partial charge in [-0.25, -0.2) is 4.98 Å². The molecule has 130 valence electrons. The number of carbonyl (C=O) groups excluding carboxylic acids is 2. The molecule has 0 radical (unpaired) electrons. The van der Waals surface area contributed by atoms with Gasteiger partial charge in [-0.2, -0.15) is 5.10 Å². The molecule has 0 saturated carbocycles. The molecular weight excluding hydrogens is 322 g/mol. The molecule has 8 nitrogen and oxygen atoms in total. The van der Waals surface area contributed by atoms with Crippen molar-refractivity contribution < 1.29 is 14.3 Å². The fourth-order valence-corrected chi connectivity index (χ4v) is 2.54. The first-order chi connectivity index (χ1) is 11.7. The van der Waals surface area contributed by atoms with E-state index >= 15 is 0 Å². The zero-order valence-electron chi connectivity index (χ0n) is 14.3. The number of carbonyl (C=O) groups is 2. The van der Waals surface area contributed by atoms with Gasteiger partial charge in [-0.15, -0.1) is 0 Å². The lowest BCUT2D eigenvalue weighted by molar-refractivity contribution is -0.155. The number of fused-ring (bicyclic) bond motifs is 1. The number of benzene rings is 1. The van der Waals surface area contributed by atoms with Crippen LogP contribution in [-0.4, -0.2) is 36.8 Å². The van der Waals surface area contributed by atoms with E-state index in [1.165, 1.54) is 4.68 Å². The van der Waals surface area contributed by atoms with Gasteiger partial charge in [-0.05, 0) is 39.0 Å². The summed E-state index contributed by atoms with van der Waals surface area (Å²) >= 11 is 0. The molecule has 8 heteroatoms. The van der Waals surface area contributed by atoms with Gasteiger partial charge in [0.1, 0.15) is 12.1 Å². The van der Waals surface area contributed by atoms with Crippen LogP contribution in [0.25, 0.3) is 16.6 Å². The molecule has 1 aromatic carbocycles. The Morgan fingerprint density at radius 2 is 2.04 bits per heavy atom. The van der Waals surface area contributed by atoms with E-state index in [4.69, 9.17) is 10.5 Å². The highest BCUT2D eigenvalue weighted by molar-refractivity contribution is 6.04. The number of ether oxygens (including phenoxy) is 1. The summed E-state index contributed by atoms with van der Waals surface area (Å²) in [6, 6.07) is 5.42. The average molecular weight is 341 g/mol. The monoisotopic (exact) mass is 341 g/mol. The highest BCUT2D eigenvalue weighted by Gasteiger charge is 2.20. The third-order valence-corrected chi connectivity index (χ3v) is 3.47. The van der Waals surface area contributed by atoms with Gasteiger partial charge in [-0.1, -0.05) is 0 Å². The number of nitrogens with two attached hydrogens (primary N) is 1. The molecule has 3 aromatic rings.